The number of rotatable bonds is 15. The Morgan fingerprint density at radius 2 is 1.55 bits per heavy atom. The molecule has 0 saturated heterocycles. The first-order valence-corrected chi connectivity index (χ1v) is 14.6. The number of nitrogens with one attached hydrogen (secondary N) is 1. The highest BCUT2D eigenvalue weighted by Gasteiger charge is 2.22. The molecule has 0 aliphatic carbocycles. The van der Waals surface area contributed by atoms with Gasteiger partial charge in [-0.2, -0.15) is 0 Å². The molecule has 0 aliphatic rings. The van der Waals surface area contributed by atoms with Gasteiger partial charge in [0, 0.05) is 41.4 Å². The zero-order valence-corrected chi connectivity index (χ0v) is 25.2. The van der Waals surface area contributed by atoms with Crippen LogP contribution in [-0.2, 0) is 16.0 Å². The Morgan fingerprint density at radius 1 is 0.841 bits per heavy atom. The fraction of sp³-hybridized carbons (Fsp3) is 0.250. The van der Waals surface area contributed by atoms with Crippen molar-refractivity contribution >= 4 is 29.0 Å². The Labute approximate surface area is 258 Å². The van der Waals surface area contributed by atoms with Gasteiger partial charge in [-0.3, -0.25) is 9.59 Å². The van der Waals surface area contributed by atoms with E-state index in [2.05, 4.69) is 5.32 Å². The lowest BCUT2D eigenvalue weighted by Crippen LogP contribution is -2.35. The molecule has 0 spiro atoms. The summed E-state index contributed by atoms with van der Waals surface area (Å²) in [6, 6.07) is 29.4. The van der Waals surface area contributed by atoms with Crippen LogP contribution in [0.3, 0.4) is 0 Å². The molecule has 4 aromatic rings. The molecule has 0 saturated carbocycles. The molecule has 0 fully saturated rings. The molecule has 1 amide bonds. The van der Waals surface area contributed by atoms with Crippen molar-refractivity contribution in [2.75, 3.05) is 30.5 Å². The van der Waals surface area contributed by atoms with Crippen LogP contribution in [0.25, 0.3) is 0 Å². The van der Waals surface area contributed by atoms with Gasteiger partial charge in [0.15, 0.2) is 5.78 Å². The minimum atomic E-state index is -1.03. The van der Waals surface area contributed by atoms with Crippen molar-refractivity contribution in [1.82, 2.24) is 0 Å². The summed E-state index contributed by atoms with van der Waals surface area (Å²) in [5.74, 6) is 0.278. The third kappa shape index (κ3) is 8.70. The number of aliphatic carboxylic acids is 1. The van der Waals surface area contributed by atoms with Gasteiger partial charge in [0.1, 0.15) is 24.1 Å². The molecule has 1 unspecified atom stereocenters. The van der Waals surface area contributed by atoms with Crippen molar-refractivity contribution in [3.63, 3.8) is 0 Å². The van der Waals surface area contributed by atoms with Crippen LogP contribution in [0.15, 0.2) is 103 Å². The number of anilines is 2. The first kappa shape index (κ1) is 31.8. The molecule has 8 heteroatoms. The summed E-state index contributed by atoms with van der Waals surface area (Å²) in [5.41, 5.74) is 2.92. The second-order valence-corrected chi connectivity index (χ2v) is 10.8. The molecule has 44 heavy (non-hydrogen) atoms. The third-order valence-corrected chi connectivity index (χ3v) is 7.03. The maximum absolute atomic E-state index is 13.1. The summed E-state index contributed by atoms with van der Waals surface area (Å²) in [5, 5.41) is 13.0. The molecule has 0 aromatic heterocycles. The number of hydrogen-bond donors (Lipinski definition) is 2. The van der Waals surface area contributed by atoms with Crippen LogP contribution in [0.4, 0.5) is 11.4 Å². The topological polar surface area (TPSA) is 105 Å². The van der Waals surface area contributed by atoms with E-state index < -0.39 is 12.0 Å². The number of para-hydroxylation sites is 1. The maximum Gasteiger partial charge on any atom is 0.326 e. The van der Waals surface area contributed by atoms with Crippen LogP contribution in [0.5, 0.6) is 11.5 Å². The van der Waals surface area contributed by atoms with Gasteiger partial charge in [-0.15, -0.1) is 0 Å². The van der Waals surface area contributed by atoms with Crippen molar-refractivity contribution < 1.29 is 29.0 Å². The van der Waals surface area contributed by atoms with E-state index in [1.54, 1.807) is 72.7 Å². The number of carbonyl (C=O) groups is 3. The van der Waals surface area contributed by atoms with Crippen molar-refractivity contribution in [1.29, 1.82) is 0 Å². The highest BCUT2D eigenvalue weighted by molar-refractivity contribution is 6.12. The van der Waals surface area contributed by atoms with E-state index in [0.717, 1.165) is 11.3 Å². The number of carbonyl (C=O) groups excluding carboxylic acids is 2. The average Bonchev–Trinajstić information content (AvgIpc) is 3.03. The zero-order valence-electron chi connectivity index (χ0n) is 25.2. The molecule has 8 nitrogen and oxygen atoms in total. The number of carboxylic acid groups (broad SMARTS) is 1. The molecule has 4 aromatic carbocycles. The lowest BCUT2D eigenvalue weighted by atomic mass is 10.00. The Kier molecular flexibility index (Phi) is 11.1. The van der Waals surface area contributed by atoms with Gasteiger partial charge in [-0.05, 0) is 47.9 Å². The van der Waals surface area contributed by atoms with E-state index in [4.69, 9.17) is 9.47 Å². The molecule has 0 aliphatic heterocycles. The first-order chi connectivity index (χ1) is 21.2. The highest BCUT2D eigenvalue weighted by Crippen LogP contribution is 2.24. The SMILES string of the molecule is COc1cccc(N(CCOc2ccc(CC(Nc3ccccc3C(=O)c3ccccc3)C(=O)O)cc2)C(=O)CC(C)C)c1. The molecule has 4 rings (SSSR count). The summed E-state index contributed by atoms with van der Waals surface area (Å²) < 4.78 is 11.3. The quantitative estimate of drug-likeness (QED) is 0.152. The van der Waals surface area contributed by atoms with Gasteiger partial charge in [0.25, 0.3) is 0 Å². The van der Waals surface area contributed by atoms with E-state index >= 15 is 0 Å². The standard InChI is InChI=1S/C36H38N2O6/c1-25(2)22-34(39)38(28-12-9-13-30(24-28)43-3)20-21-44-29-18-16-26(17-19-29)23-33(36(41)42)37-32-15-8-7-14-31(32)35(40)27-10-5-4-6-11-27/h4-19,24-25,33,37H,20-23H2,1-3H3,(H,41,42). The fourth-order valence-corrected chi connectivity index (χ4v) is 4.79. The van der Waals surface area contributed by atoms with Gasteiger partial charge in [-0.1, -0.05) is 74.5 Å². The Balaban J connectivity index is 1.39. The van der Waals surface area contributed by atoms with Crippen LogP contribution < -0.4 is 19.7 Å². The summed E-state index contributed by atoms with van der Waals surface area (Å²) in [6.07, 6.45) is 0.604. The van der Waals surface area contributed by atoms with Gasteiger partial charge in [0.05, 0.1) is 13.7 Å². The molecular weight excluding hydrogens is 556 g/mol. The molecule has 1 atom stereocenters. The number of amides is 1. The summed E-state index contributed by atoms with van der Waals surface area (Å²) in [7, 11) is 1.59. The number of ketones is 1. The van der Waals surface area contributed by atoms with E-state index in [1.807, 2.05) is 56.3 Å². The van der Waals surface area contributed by atoms with Crippen molar-refractivity contribution in [3.05, 3.63) is 120 Å². The van der Waals surface area contributed by atoms with Crippen molar-refractivity contribution in [2.24, 2.45) is 5.92 Å². The average molecular weight is 595 g/mol. The molecule has 228 valence electrons. The number of nitrogens with zero attached hydrogens (tertiary/aromatic N) is 1. The minimum absolute atomic E-state index is 0.00598. The Hall–Kier alpha value is -5.11. The van der Waals surface area contributed by atoms with Crippen molar-refractivity contribution in [2.45, 2.75) is 32.7 Å². The molecule has 2 N–H and O–H groups in total. The number of methoxy groups -OCH3 is 1. The zero-order chi connectivity index (χ0) is 31.5. The normalized spacial score (nSPS) is 11.5. The fourth-order valence-electron chi connectivity index (χ4n) is 4.79. The monoisotopic (exact) mass is 594 g/mol. The summed E-state index contributed by atoms with van der Waals surface area (Å²) in [4.78, 5) is 40.0. The van der Waals surface area contributed by atoms with Gasteiger partial charge in [0.2, 0.25) is 5.91 Å². The molecule has 0 radical (unpaired) electrons. The smallest absolute Gasteiger partial charge is 0.326 e. The lowest BCUT2D eigenvalue weighted by molar-refractivity contribution is -0.137. The second-order valence-electron chi connectivity index (χ2n) is 10.8. The molecular formula is C36H38N2O6. The van der Waals surface area contributed by atoms with E-state index in [0.29, 0.717) is 41.3 Å². The predicted molar refractivity (Wildman–Crippen MR) is 172 cm³/mol. The summed E-state index contributed by atoms with van der Waals surface area (Å²) in [6.45, 7) is 4.64. The Morgan fingerprint density at radius 3 is 2.23 bits per heavy atom. The van der Waals surface area contributed by atoms with Crippen LogP contribution in [-0.4, -0.2) is 49.1 Å². The van der Waals surface area contributed by atoms with E-state index in [1.165, 1.54) is 0 Å². The third-order valence-electron chi connectivity index (χ3n) is 7.03. The van der Waals surface area contributed by atoms with E-state index in [-0.39, 0.29) is 30.6 Å². The highest BCUT2D eigenvalue weighted by atomic mass is 16.5. The predicted octanol–water partition coefficient (Wildman–Crippen LogP) is 6.49. The maximum atomic E-state index is 13.1. The number of ether oxygens (including phenoxy) is 2. The van der Waals surface area contributed by atoms with Crippen LogP contribution in [0, 0.1) is 5.92 Å². The van der Waals surface area contributed by atoms with Crippen LogP contribution in [0.2, 0.25) is 0 Å². The van der Waals surface area contributed by atoms with Crippen molar-refractivity contribution in [3.8, 4) is 11.5 Å². The molecule has 0 bridgehead atoms. The number of benzene rings is 4. The van der Waals surface area contributed by atoms with Crippen LogP contribution >= 0.6 is 0 Å². The minimum Gasteiger partial charge on any atom is -0.497 e. The largest absolute Gasteiger partial charge is 0.497 e. The lowest BCUT2D eigenvalue weighted by Gasteiger charge is -2.24. The van der Waals surface area contributed by atoms with Gasteiger partial charge >= 0.3 is 5.97 Å². The van der Waals surface area contributed by atoms with E-state index in [9.17, 15) is 19.5 Å². The number of carboxylic acids is 1. The van der Waals surface area contributed by atoms with Crippen LogP contribution in [0.1, 0.15) is 41.8 Å². The first-order valence-electron chi connectivity index (χ1n) is 14.6. The second kappa shape index (κ2) is 15.4. The summed E-state index contributed by atoms with van der Waals surface area (Å²) >= 11 is 0. The Bertz CT molecular complexity index is 1550. The number of hydrogen-bond acceptors (Lipinski definition) is 6. The van der Waals surface area contributed by atoms with Gasteiger partial charge in [-0.25, -0.2) is 4.79 Å². The van der Waals surface area contributed by atoms with Gasteiger partial charge < -0.3 is 24.8 Å². The molecule has 0 heterocycles.